The van der Waals surface area contributed by atoms with Crippen LogP contribution in [-0.2, 0) is 6.42 Å². The van der Waals surface area contributed by atoms with Gasteiger partial charge in [0.15, 0.2) is 0 Å². The first-order chi connectivity index (χ1) is 6.81. The first-order valence-corrected chi connectivity index (χ1v) is 4.36. The van der Waals surface area contributed by atoms with Gasteiger partial charge in [-0.1, -0.05) is 25.1 Å². The van der Waals surface area contributed by atoms with Gasteiger partial charge in [-0.3, -0.25) is 4.52 Å². The van der Waals surface area contributed by atoms with Crippen LogP contribution in [0.3, 0.4) is 0 Å². The van der Waals surface area contributed by atoms with Crippen molar-refractivity contribution < 1.29 is 8.94 Å². The maximum absolute atomic E-state index is 10.7. The molecule has 1 heterocycles. The van der Waals surface area contributed by atoms with Gasteiger partial charge < -0.3 is 4.42 Å². The maximum atomic E-state index is 10.7. The summed E-state index contributed by atoms with van der Waals surface area (Å²) >= 11 is 0. The highest BCUT2D eigenvalue weighted by Gasteiger charge is 2.09. The van der Waals surface area contributed by atoms with Crippen LogP contribution in [0.2, 0.25) is 0 Å². The molecule has 2 rings (SSSR count). The van der Waals surface area contributed by atoms with Gasteiger partial charge in [-0.2, -0.15) is 0 Å². The molecule has 0 radical (unpaired) electrons. The number of rotatable bonds is 2. The van der Waals surface area contributed by atoms with Gasteiger partial charge in [0, 0.05) is 5.56 Å². The minimum Gasteiger partial charge on any atom is -0.370 e. The van der Waals surface area contributed by atoms with E-state index < -0.39 is 5.82 Å². The third kappa shape index (κ3) is 1.46. The Morgan fingerprint density at radius 2 is 2.14 bits per heavy atom. The number of aryl methyl sites for hydroxylation is 1. The highest BCUT2D eigenvalue weighted by Crippen LogP contribution is 2.20. The van der Waals surface area contributed by atoms with E-state index in [1.807, 2.05) is 31.2 Å². The summed E-state index contributed by atoms with van der Waals surface area (Å²) in [5.74, 6) is -0.529. The van der Waals surface area contributed by atoms with Crippen LogP contribution in [-0.4, -0.2) is 5.16 Å². The third-order valence-electron chi connectivity index (χ3n) is 2.01. The normalized spacial score (nSPS) is 10.4. The van der Waals surface area contributed by atoms with Crippen LogP contribution < -0.4 is 5.82 Å². The summed E-state index contributed by atoms with van der Waals surface area (Å²) in [4.78, 5) is 10.7. The quantitative estimate of drug-likeness (QED) is 0.726. The number of nitrogens with zero attached hydrogens (tertiary/aromatic N) is 1. The summed E-state index contributed by atoms with van der Waals surface area (Å²) in [5.41, 5.74) is 1.88. The molecule has 0 saturated heterocycles. The molecule has 14 heavy (non-hydrogen) atoms. The van der Waals surface area contributed by atoms with Crippen LogP contribution in [0, 0.1) is 0 Å². The standard InChI is InChI=1S/C10H9NO3/c1-2-7-5-3-4-6-8(7)9-11-14-10(12)13-9/h3-6H,2H2,1H3. The van der Waals surface area contributed by atoms with Gasteiger partial charge in [-0.15, -0.1) is 0 Å². The zero-order valence-corrected chi connectivity index (χ0v) is 7.69. The smallest absolute Gasteiger partial charge is 0.370 e. The molecule has 0 spiro atoms. The molecule has 0 fully saturated rings. The van der Waals surface area contributed by atoms with Crippen LogP contribution in [0.15, 0.2) is 38.0 Å². The van der Waals surface area contributed by atoms with E-state index >= 15 is 0 Å². The summed E-state index contributed by atoms with van der Waals surface area (Å²) in [6.07, 6.45) is 0.854. The molecule has 4 nitrogen and oxygen atoms in total. The van der Waals surface area contributed by atoms with Crippen LogP contribution in [0.1, 0.15) is 12.5 Å². The molecule has 0 aliphatic carbocycles. The first kappa shape index (κ1) is 8.74. The molecule has 0 atom stereocenters. The SMILES string of the molecule is CCc1ccccc1-c1noc(=O)o1. The molecule has 0 N–H and O–H groups in total. The van der Waals surface area contributed by atoms with E-state index in [1.54, 1.807) is 0 Å². The van der Waals surface area contributed by atoms with Crippen LogP contribution in [0.5, 0.6) is 0 Å². The topological polar surface area (TPSA) is 56.2 Å². The Bertz CT molecular complexity index is 484. The molecule has 2 aromatic rings. The Morgan fingerprint density at radius 1 is 1.36 bits per heavy atom. The Balaban J connectivity index is 2.55. The molecule has 4 heteroatoms. The Labute approximate surface area is 80.2 Å². The Hall–Kier alpha value is -1.84. The molecule has 72 valence electrons. The highest BCUT2D eigenvalue weighted by atomic mass is 16.6. The lowest BCUT2D eigenvalue weighted by Gasteiger charge is -2.00. The lowest BCUT2D eigenvalue weighted by molar-refractivity contribution is 0.335. The van der Waals surface area contributed by atoms with Crippen LogP contribution in [0.4, 0.5) is 0 Å². The van der Waals surface area contributed by atoms with Crippen molar-refractivity contribution in [2.24, 2.45) is 0 Å². The molecule has 0 aliphatic rings. The van der Waals surface area contributed by atoms with E-state index in [0.29, 0.717) is 0 Å². The van der Waals surface area contributed by atoms with Gasteiger partial charge >= 0.3 is 5.82 Å². The van der Waals surface area contributed by atoms with Crippen molar-refractivity contribution in [2.75, 3.05) is 0 Å². The third-order valence-corrected chi connectivity index (χ3v) is 2.01. The zero-order chi connectivity index (χ0) is 9.97. The maximum Gasteiger partial charge on any atom is 0.542 e. The molecule has 0 amide bonds. The largest absolute Gasteiger partial charge is 0.542 e. The summed E-state index contributed by atoms with van der Waals surface area (Å²) in [5, 5.41) is 3.54. The molecule has 0 bridgehead atoms. The molecular weight excluding hydrogens is 182 g/mol. The van der Waals surface area contributed by atoms with Crippen molar-refractivity contribution >= 4 is 0 Å². The predicted octanol–water partition coefficient (Wildman–Crippen LogP) is 1.86. The van der Waals surface area contributed by atoms with Gasteiger partial charge in [-0.25, -0.2) is 4.79 Å². The predicted molar refractivity (Wildman–Crippen MR) is 49.9 cm³/mol. The van der Waals surface area contributed by atoms with Crippen molar-refractivity contribution in [2.45, 2.75) is 13.3 Å². The second-order valence-electron chi connectivity index (χ2n) is 2.85. The van der Waals surface area contributed by atoms with Crippen molar-refractivity contribution in [1.82, 2.24) is 5.16 Å². The van der Waals surface area contributed by atoms with E-state index in [0.717, 1.165) is 17.5 Å². The van der Waals surface area contributed by atoms with E-state index in [-0.39, 0.29) is 5.89 Å². The Kier molecular flexibility index (Phi) is 2.18. The van der Waals surface area contributed by atoms with Crippen molar-refractivity contribution in [3.63, 3.8) is 0 Å². The average molecular weight is 191 g/mol. The number of aromatic nitrogens is 1. The number of hydrogen-bond donors (Lipinski definition) is 0. The van der Waals surface area contributed by atoms with E-state index in [1.165, 1.54) is 0 Å². The van der Waals surface area contributed by atoms with Gasteiger partial charge in [0.1, 0.15) is 0 Å². The average Bonchev–Trinajstić information content (AvgIpc) is 2.65. The summed E-state index contributed by atoms with van der Waals surface area (Å²) in [6, 6.07) is 7.60. The fraction of sp³-hybridized carbons (Fsp3) is 0.200. The van der Waals surface area contributed by atoms with Gasteiger partial charge in [0.25, 0.3) is 5.89 Å². The fourth-order valence-electron chi connectivity index (χ4n) is 1.34. The number of hydrogen-bond acceptors (Lipinski definition) is 4. The van der Waals surface area contributed by atoms with Crippen molar-refractivity contribution in [3.05, 3.63) is 40.4 Å². The summed E-state index contributed by atoms with van der Waals surface area (Å²) in [7, 11) is 0. The van der Waals surface area contributed by atoms with E-state index in [2.05, 4.69) is 9.68 Å². The molecule has 0 unspecified atom stereocenters. The minimum atomic E-state index is -0.772. The number of benzene rings is 1. The minimum absolute atomic E-state index is 0.243. The van der Waals surface area contributed by atoms with E-state index in [9.17, 15) is 4.79 Å². The molecule has 0 saturated carbocycles. The van der Waals surface area contributed by atoms with Crippen molar-refractivity contribution in [3.8, 4) is 11.5 Å². The summed E-state index contributed by atoms with van der Waals surface area (Å²) < 4.78 is 9.12. The molecule has 1 aromatic carbocycles. The molecule has 0 aliphatic heterocycles. The van der Waals surface area contributed by atoms with Gasteiger partial charge in [-0.05, 0) is 23.2 Å². The molecule has 1 aromatic heterocycles. The Morgan fingerprint density at radius 3 is 2.79 bits per heavy atom. The van der Waals surface area contributed by atoms with Gasteiger partial charge in [0.05, 0.1) is 0 Å². The van der Waals surface area contributed by atoms with Crippen LogP contribution >= 0.6 is 0 Å². The summed E-state index contributed by atoms with van der Waals surface area (Å²) in [6.45, 7) is 2.02. The fourth-order valence-corrected chi connectivity index (χ4v) is 1.34. The van der Waals surface area contributed by atoms with Gasteiger partial charge in [0.2, 0.25) is 0 Å². The second kappa shape index (κ2) is 3.49. The second-order valence-corrected chi connectivity index (χ2v) is 2.85. The lowest BCUT2D eigenvalue weighted by atomic mass is 10.1. The van der Waals surface area contributed by atoms with Crippen LogP contribution in [0.25, 0.3) is 11.5 Å². The lowest BCUT2D eigenvalue weighted by Crippen LogP contribution is -1.88. The zero-order valence-electron chi connectivity index (χ0n) is 7.69. The van der Waals surface area contributed by atoms with E-state index in [4.69, 9.17) is 4.42 Å². The molecular formula is C10H9NO3. The monoisotopic (exact) mass is 191 g/mol. The first-order valence-electron chi connectivity index (χ1n) is 4.36. The highest BCUT2D eigenvalue weighted by molar-refractivity contribution is 5.57. The van der Waals surface area contributed by atoms with Crippen molar-refractivity contribution in [1.29, 1.82) is 0 Å².